The summed E-state index contributed by atoms with van der Waals surface area (Å²) < 4.78 is 32.2. The lowest BCUT2D eigenvalue weighted by Gasteiger charge is -2.24. The number of ether oxygens (including phenoxy) is 1. The molecule has 24 heavy (non-hydrogen) atoms. The fraction of sp³-hybridized carbons (Fsp3) is 0.588. The summed E-state index contributed by atoms with van der Waals surface area (Å²) in [5.41, 5.74) is 0.358. The van der Waals surface area contributed by atoms with E-state index in [9.17, 15) is 8.78 Å². The van der Waals surface area contributed by atoms with E-state index in [4.69, 9.17) is 4.74 Å². The molecule has 1 aliphatic heterocycles. The van der Waals surface area contributed by atoms with Crippen LogP contribution in [0.1, 0.15) is 18.9 Å². The molecule has 0 spiro atoms. The van der Waals surface area contributed by atoms with E-state index in [1.54, 1.807) is 0 Å². The summed E-state index contributed by atoms with van der Waals surface area (Å²) in [6.07, 6.45) is 1.44. The first-order valence-electron chi connectivity index (χ1n) is 8.11. The third-order valence-electron chi connectivity index (χ3n) is 3.90. The first kappa shape index (κ1) is 21.1. The molecule has 0 saturated carbocycles. The molecule has 4 nitrogen and oxygen atoms in total. The third-order valence-corrected chi connectivity index (χ3v) is 3.90. The molecule has 2 rings (SSSR count). The second kappa shape index (κ2) is 10.8. The van der Waals surface area contributed by atoms with E-state index in [1.807, 2.05) is 14.0 Å². The number of rotatable bonds is 6. The number of nitrogens with one attached hydrogen (secondary N) is 1. The van der Waals surface area contributed by atoms with Gasteiger partial charge in [-0.1, -0.05) is 0 Å². The Morgan fingerprint density at radius 1 is 1.42 bits per heavy atom. The Balaban J connectivity index is 0.00000288. The van der Waals surface area contributed by atoms with Crippen LogP contribution in [0.4, 0.5) is 8.78 Å². The van der Waals surface area contributed by atoms with Gasteiger partial charge in [-0.15, -0.1) is 24.0 Å². The molecule has 1 aliphatic rings. The molecular formula is C17H26F2IN3O. The van der Waals surface area contributed by atoms with Crippen LogP contribution in [0.15, 0.2) is 23.2 Å². The van der Waals surface area contributed by atoms with Gasteiger partial charge in [-0.3, -0.25) is 4.99 Å². The van der Waals surface area contributed by atoms with Gasteiger partial charge in [0.15, 0.2) is 5.96 Å². The van der Waals surface area contributed by atoms with Crippen molar-refractivity contribution in [1.82, 2.24) is 10.2 Å². The monoisotopic (exact) mass is 453 g/mol. The molecule has 1 atom stereocenters. The van der Waals surface area contributed by atoms with Crippen molar-refractivity contribution in [3.8, 4) is 0 Å². The van der Waals surface area contributed by atoms with Crippen molar-refractivity contribution < 1.29 is 13.5 Å². The van der Waals surface area contributed by atoms with Gasteiger partial charge in [-0.25, -0.2) is 8.78 Å². The lowest BCUT2D eigenvalue weighted by atomic mass is 10.1. The summed E-state index contributed by atoms with van der Waals surface area (Å²) in [5, 5.41) is 3.24. The van der Waals surface area contributed by atoms with Gasteiger partial charge in [0.05, 0.1) is 6.61 Å². The molecule has 1 saturated heterocycles. The van der Waals surface area contributed by atoms with Crippen LogP contribution in [0.5, 0.6) is 0 Å². The molecule has 1 fully saturated rings. The van der Waals surface area contributed by atoms with Gasteiger partial charge in [-0.05, 0) is 43.5 Å². The quantitative estimate of drug-likeness (QED) is 0.409. The minimum atomic E-state index is -0.421. The smallest absolute Gasteiger partial charge is 0.193 e. The molecule has 0 bridgehead atoms. The van der Waals surface area contributed by atoms with Crippen molar-refractivity contribution in [1.29, 1.82) is 0 Å². The minimum absolute atomic E-state index is 0. The van der Waals surface area contributed by atoms with E-state index in [2.05, 4.69) is 15.2 Å². The van der Waals surface area contributed by atoms with Gasteiger partial charge in [-0.2, -0.15) is 0 Å². The highest BCUT2D eigenvalue weighted by atomic mass is 127. The number of hydrogen-bond acceptors (Lipinski definition) is 2. The van der Waals surface area contributed by atoms with Crippen LogP contribution in [-0.2, 0) is 11.2 Å². The summed E-state index contributed by atoms with van der Waals surface area (Å²) >= 11 is 0. The molecule has 0 aromatic heterocycles. The Hall–Kier alpha value is -0.960. The zero-order valence-electron chi connectivity index (χ0n) is 14.2. The molecule has 0 amide bonds. The maximum Gasteiger partial charge on any atom is 0.193 e. The lowest BCUT2D eigenvalue weighted by Crippen LogP contribution is -2.41. The van der Waals surface area contributed by atoms with E-state index in [0.29, 0.717) is 24.4 Å². The Kier molecular flexibility index (Phi) is 9.50. The minimum Gasteiger partial charge on any atom is -0.381 e. The van der Waals surface area contributed by atoms with E-state index in [0.717, 1.165) is 50.8 Å². The number of nitrogens with zero attached hydrogens (tertiary/aromatic N) is 2. The summed E-state index contributed by atoms with van der Waals surface area (Å²) in [7, 11) is 1.99. The second-order valence-electron chi connectivity index (χ2n) is 5.83. The highest BCUT2D eigenvalue weighted by Crippen LogP contribution is 2.13. The Bertz CT molecular complexity index is 537. The van der Waals surface area contributed by atoms with E-state index in [1.165, 1.54) is 6.07 Å². The summed E-state index contributed by atoms with van der Waals surface area (Å²) in [6, 6.07) is 3.52. The second-order valence-corrected chi connectivity index (χ2v) is 5.83. The van der Waals surface area contributed by atoms with Crippen LogP contribution in [0.2, 0.25) is 0 Å². The number of benzene rings is 1. The van der Waals surface area contributed by atoms with Gasteiger partial charge in [0, 0.05) is 39.2 Å². The average Bonchev–Trinajstić information content (AvgIpc) is 3.02. The first-order valence-corrected chi connectivity index (χ1v) is 8.11. The van der Waals surface area contributed by atoms with Crippen molar-refractivity contribution in [2.24, 2.45) is 10.9 Å². The standard InChI is InChI=1S/C17H25F2N3O.HI/c1-3-20-17(22(2)11-13-7-9-23-12-13)21-8-6-14-10-15(18)4-5-16(14)19;/h4-5,10,13H,3,6-9,11-12H2,1-2H3,(H,20,21);1H. The summed E-state index contributed by atoms with van der Waals surface area (Å²) in [6.45, 7) is 5.67. The molecule has 7 heteroatoms. The van der Waals surface area contributed by atoms with Crippen LogP contribution in [0.3, 0.4) is 0 Å². The van der Waals surface area contributed by atoms with Crippen LogP contribution in [0.25, 0.3) is 0 Å². The molecular weight excluding hydrogens is 427 g/mol. The van der Waals surface area contributed by atoms with Crippen LogP contribution >= 0.6 is 24.0 Å². The van der Waals surface area contributed by atoms with Crippen LogP contribution in [-0.4, -0.2) is 50.8 Å². The lowest BCUT2D eigenvalue weighted by molar-refractivity contribution is 0.181. The van der Waals surface area contributed by atoms with Crippen molar-refractivity contribution in [3.05, 3.63) is 35.4 Å². The fourth-order valence-corrected chi connectivity index (χ4v) is 2.69. The zero-order valence-corrected chi connectivity index (χ0v) is 16.6. The molecule has 1 heterocycles. The molecule has 136 valence electrons. The number of guanidine groups is 1. The number of hydrogen-bond donors (Lipinski definition) is 1. The van der Waals surface area contributed by atoms with E-state index in [-0.39, 0.29) is 29.8 Å². The first-order chi connectivity index (χ1) is 11.1. The van der Waals surface area contributed by atoms with Crippen molar-refractivity contribution in [2.75, 3.05) is 39.9 Å². The maximum absolute atomic E-state index is 13.6. The molecule has 1 aromatic rings. The maximum atomic E-state index is 13.6. The molecule has 1 aromatic carbocycles. The topological polar surface area (TPSA) is 36.9 Å². The van der Waals surface area contributed by atoms with Gasteiger partial charge in [0.1, 0.15) is 11.6 Å². The molecule has 0 aliphatic carbocycles. The van der Waals surface area contributed by atoms with Crippen LogP contribution < -0.4 is 5.32 Å². The SMILES string of the molecule is CCNC(=NCCc1cc(F)ccc1F)N(C)CC1CCOC1.I. The molecule has 1 N–H and O–H groups in total. The Morgan fingerprint density at radius 3 is 2.88 bits per heavy atom. The fourth-order valence-electron chi connectivity index (χ4n) is 2.69. The summed E-state index contributed by atoms with van der Waals surface area (Å²) in [4.78, 5) is 6.60. The normalized spacial score (nSPS) is 17.5. The highest BCUT2D eigenvalue weighted by Gasteiger charge is 2.19. The third kappa shape index (κ3) is 6.51. The number of halogens is 3. The summed E-state index contributed by atoms with van der Waals surface area (Å²) in [5.74, 6) is 0.499. The zero-order chi connectivity index (χ0) is 16.7. The number of aliphatic imine (C=N–C) groups is 1. The Morgan fingerprint density at radius 2 is 2.21 bits per heavy atom. The molecule has 0 radical (unpaired) electrons. The highest BCUT2D eigenvalue weighted by molar-refractivity contribution is 14.0. The predicted octanol–water partition coefficient (Wildman–Crippen LogP) is 3.06. The van der Waals surface area contributed by atoms with Crippen molar-refractivity contribution in [3.63, 3.8) is 0 Å². The van der Waals surface area contributed by atoms with Gasteiger partial charge in [0.25, 0.3) is 0 Å². The van der Waals surface area contributed by atoms with Crippen LogP contribution in [0, 0.1) is 17.6 Å². The van der Waals surface area contributed by atoms with Gasteiger partial charge in [0.2, 0.25) is 0 Å². The largest absolute Gasteiger partial charge is 0.381 e. The Labute approximate surface area is 159 Å². The van der Waals surface area contributed by atoms with Crippen molar-refractivity contribution in [2.45, 2.75) is 19.8 Å². The van der Waals surface area contributed by atoms with Gasteiger partial charge < -0.3 is 15.0 Å². The van der Waals surface area contributed by atoms with Crippen molar-refractivity contribution >= 4 is 29.9 Å². The van der Waals surface area contributed by atoms with Gasteiger partial charge >= 0.3 is 0 Å². The average molecular weight is 453 g/mol. The van der Waals surface area contributed by atoms with E-state index >= 15 is 0 Å². The van der Waals surface area contributed by atoms with E-state index < -0.39 is 5.82 Å². The molecule has 1 unspecified atom stereocenters. The predicted molar refractivity (Wildman–Crippen MR) is 103 cm³/mol.